The van der Waals surface area contributed by atoms with E-state index in [1.165, 1.54) is 30.5 Å². The lowest BCUT2D eigenvalue weighted by Crippen LogP contribution is -2.14. The molecule has 2 aromatic heterocycles. The van der Waals surface area contributed by atoms with Crippen molar-refractivity contribution in [3.8, 4) is 0 Å². The van der Waals surface area contributed by atoms with Crippen molar-refractivity contribution >= 4 is 27.5 Å². The first kappa shape index (κ1) is 21.3. The molecule has 0 unspecified atom stereocenters. The molecule has 0 saturated carbocycles. The van der Waals surface area contributed by atoms with Crippen LogP contribution in [-0.2, 0) is 16.6 Å². The minimum absolute atomic E-state index is 0.0274. The summed E-state index contributed by atoms with van der Waals surface area (Å²) in [7, 11) is -3.86. The van der Waals surface area contributed by atoms with E-state index in [0.717, 1.165) is 5.56 Å². The van der Waals surface area contributed by atoms with Crippen molar-refractivity contribution < 1.29 is 17.7 Å². The predicted octanol–water partition coefficient (Wildman–Crippen LogP) is 3.59. The van der Waals surface area contributed by atoms with E-state index >= 15 is 0 Å². The highest BCUT2D eigenvalue weighted by Gasteiger charge is 2.19. The molecule has 9 nitrogen and oxygen atoms in total. The van der Waals surface area contributed by atoms with Crippen LogP contribution in [0.25, 0.3) is 0 Å². The zero-order chi connectivity index (χ0) is 22.7. The molecule has 0 saturated heterocycles. The SMILES string of the molecule is Cc1noc(NS(=O)(=O)c2ccc(NC(=O)c3cnn(Cc4ccccc4)c3)cc2)c1C. The van der Waals surface area contributed by atoms with Gasteiger partial charge < -0.3 is 9.84 Å². The van der Waals surface area contributed by atoms with Gasteiger partial charge in [0.25, 0.3) is 15.9 Å². The molecule has 10 heteroatoms. The number of rotatable bonds is 7. The van der Waals surface area contributed by atoms with Gasteiger partial charge in [-0.1, -0.05) is 35.5 Å². The molecule has 0 aliphatic rings. The van der Waals surface area contributed by atoms with Crippen LogP contribution >= 0.6 is 0 Å². The van der Waals surface area contributed by atoms with E-state index in [-0.39, 0.29) is 16.7 Å². The van der Waals surface area contributed by atoms with Gasteiger partial charge in [-0.25, -0.2) is 13.1 Å². The van der Waals surface area contributed by atoms with Gasteiger partial charge in [0, 0.05) is 17.4 Å². The zero-order valence-corrected chi connectivity index (χ0v) is 18.3. The molecule has 0 aliphatic carbocycles. The average molecular weight is 452 g/mol. The van der Waals surface area contributed by atoms with Crippen molar-refractivity contribution in [2.75, 3.05) is 10.0 Å². The highest BCUT2D eigenvalue weighted by Crippen LogP contribution is 2.22. The average Bonchev–Trinajstić information content (AvgIpc) is 3.37. The molecule has 0 bridgehead atoms. The number of aromatic nitrogens is 3. The highest BCUT2D eigenvalue weighted by molar-refractivity contribution is 7.92. The van der Waals surface area contributed by atoms with Gasteiger partial charge in [0.05, 0.1) is 28.9 Å². The molecule has 2 heterocycles. The van der Waals surface area contributed by atoms with Gasteiger partial charge in [-0.2, -0.15) is 5.10 Å². The van der Waals surface area contributed by atoms with Gasteiger partial charge in [-0.3, -0.25) is 9.48 Å². The van der Waals surface area contributed by atoms with Crippen molar-refractivity contribution in [3.63, 3.8) is 0 Å². The summed E-state index contributed by atoms with van der Waals surface area (Å²) in [6.45, 7) is 3.99. The Hall–Kier alpha value is -3.92. The second-order valence-electron chi connectivity index (χ2n) is 7.22. The first-order valence-electron chi connectivity index (χ1n) is 9.75. The first-order chi connectivity index (χ1) is 15.3. The number of hydrogen-bond donors (Lipinski definition) is 2. The van der Waals surface area contributed by atoms with Gasteiger partial charge in [-0.05, 0) is 43.7 Å². The number of anilines is 2. The van der Waals surface area contributed by atoms with Crippen molar-refractivity contribution in [2.24, 2.45) is 0 Å². The van der Waals surface area contributed by atoms with E-state index in [4.69, 9.17) is 4.52 Å². The van der Waals surface area contributed by atoms with Crippen molar-refractivity contribution in [1.29, 1.82) is 0 Å². The maximum Gasteiger partial charge on any atom is 0.264 e. The lowest BCUT2D eigenvalue weighted by molar-refractivity contribution is 0.102. The summed E-state index contributed by atoms with van der Waals surface area (Å²) in [5.74, 6) is -0.266. The Morgan fingerprint density at radius 3 is 2.44 bits per heavy atom. The molecule has 0 fully saturated rings. The summed E-state index contributed by atoms with van der Waals surface area (Å²) in [5.41, 5.74) is 3.15. The molecule has 1 amide bonds. The van der Waals surface area contributed by atoms with Crippen LogP contribution in [0.4, 0.5) is 11.6 Å². The van der Waals surface area contributed by atoms with E-state index in [0.29, 0.717) is 29.1 Å². The number of nitrogens with zero attached hydrogens (tertiary/aromatic N) is 3. The molecular formula is C22H21N5O4S. The standard InChI is InChI=1S/C22H21N5O4S/c1-15-16(2)25-31-22(15)26-32(29,30)20-10-8-19(9-11-20)24-21(28)18-12-23-27(14-18)13-17-6-4-3-5-7-17/h3-12,14,26H,13H2,1-2H3,(H,24,28). The first-order valence-corrected chi connectivity index (χ1v) is 11.2. The van der Waals surface area contributed by atoms with Crippen LogP contribution in [-0.4, -0.2) is 29.3 Å². The summed E-state index contributed by atoms with van der Waals surface area (Å²) in [6.07, 6.45) is 3.15. The van der Waals surface area contributed by atoms with Crippen LogP contribution in [0, 0.1) is 13.8 Å². The van der Waals surface area contributed by atoms with Gasteiger partial charge in [0.1, 0.15) is 0 Å². The Morgan fingerprint density at radius 1 is 1.06 bits per heavy atom. The minimum atomic E-state index is -3.86. The fourth-order valence-electron chi connectivity index (χ4n) is 2.95. The topological polar surface area (TPSA) is 119 Å². The molecule has 0 atom stereocenters. The predicted molar refractivity (Wildman–Crippen MR) is 119 cm³/mol. The summed E-state index contributed by atoms with van der Waals surface area (Å²) < 4.78 is 34.2. The summed E-state index contributed by atoms with van der Waals surface area (Å²) >= 11 is 0. The Bertz CT molecular complexity index is 1340. The molecule has 4 aromatic rings. The smallest absolute Gasteiger partial charge is 0.264 e. The lowest BCUT2D eigenvalue weighted by atomic mass is 10.2. The summed E-state index contributed by atoms with van der Waals surface area (Å²) in [5, 5.41) is 10.7. The van der Waals surface area contributed by atoms with Crippen molar-refractivity contribution in [1.82, 2.24) is 14.9 Å². The molecule has 164 valence electrons. The molecule has 32 heavy (non-hydrogen) atoms. The van der Waals surface area contributed by atoms with Crippen molar-refractivity contribution in [2.45, 2.75) is 25.3 Å². The monoisotopic (exact) mass is 451 g/mol. The number of benzene rings is 2. The Balaban J connectivity index is 1.41. The third-order valence-corrected chi connectivity index (χ3v) is 6.24. The van der Waals surface area contributed by atoms with Crippen LogP contribution in [0.5, 0.6) is 0 Å². The Kier molecular flexibility index (Phi) is 5.78. The number of carbonyl (C=O) groups excluding carboxylic acids is 1. The number of carbonyl (C=O) groups is 1. The minimum Gasteiger partial charge on any atom is -0.337 e. The third-order valence-electron chi connectivity index (χ3n) is 4.89. The fourth-order valence-corrected chi connectivity index (χ4v) is 4.00. The van der Waals surface area contributed by atoms with E-state index in [2.05, 4.69) is 20.3 Å². The maximum atomic E-state index is 12.6. The molecule has 2 aromatic carbocycles. The highest BCUT2D eigenvalue weighted by atomic mass is 32.2. The van der Waals surface area contributed by atoms with Crippen LogP contribution < -0.4 is 10.0 Å². The largest absolute Gasteiger partial charge is 0.337 e. The summed E-state index contributed by atoms with van der Waals surface area (Å²) in [6, 6.07) is 15.6. The molecule has 4 rings (SSSR count). The lowest BCUT2D eigenvalue weighted by Gasteiger charge is -2.08. The Labute approximate surface area is 185 Å². The fraction of sp³-hybridized carbons (Fsp3) is 0.136. The van der Waals surface area contributed by atoms with E-state index in [1.807, 2.05) is 30.3 Å². The zero-order valence-electron chi connectivity index (χ0n) is 17.4. The van der Waals surface area contributed by atoms with Gasteiger partial charge in [-0.15, -0.1) is 0 Å². The number of nitrogens with one attached hydrogen (secondary N) is 2. The Morgan fingerprint density at radius 2 is 1.78 bits per heavy atom. The number of aryl methyl sites for hydroxylation is 1. The normalized spacial score (nSPS) is 11.3. The number of sulfonamides is 1. The molecular weight excluding hydrogens is 430 g/mol. The molecule has 0 aliphatic heterocycles. The van der Waals surface area contributed by atoms with E-state index in [9.17, 15) is 13.2 Å². The second kappa shape index (κ2) is 8.67. The molecule has 0 radical (unpaired) electrons. The van der Waals surface area contributed by atoms with Gasteiger partial charge >= 0.3 is 0 Å². The summed E-state index contributed by atoms with van der Waals surface area (Å²) in [4.78, 5) is 12.6. The van der Waals surface area contributed by atoms with Crippen molar-refractivity contribution in [3.05, 3.63) is 89.4 Å². The third kappa shape index (κ3) is 4.70. The van der Waals surface area contributed by atoms with Gasteiger partial charge in [0.15, 0.2) is 0 Å². The van der Waals surface area contributed by atoms with Gasteiger partial charge in [0.2, 0.25) is 5.88 Å². The van der Waals surface area contributed by atoms with E-state index in [1.54, 1.807) is 24.7 Å². The molecule has 0 spiro atoms. The van der Waals surface area contributed by atoms with Crippen LogP contribution in [0.1, 0.15) is 27.2 Å². The quantitative estimate of drug-likeness (QED) is 0.443. The van der Waals surface area contributed by atoms with Crippen LogP contribution in [0.15, 0.2) is 76.4 Å². The van der Waals surface area contributed by atoms with Crippen LogP contribution in [0.2, 0.25) is 0 Å². The number of hydrogen-bond acceptors (Lipinski definition) is 6. The van der Waals surface area contributed by atoms with Crippen LogP contribution in [0.3, 0.4) is 0 Å². The molecule has 2 N–H and O–H groups in total. The van der Waals surface area contributed by atoms with E-state index < -0.39 is 10.0 Å². The number of amides is 1. The maximum absolute atomic E-state index is 12.6. The second-order valence-corrected chi connectivity index (χ2v) is 8.90.